The number of hydrogen-bond acceptors (Lipinski definition) is 5. The summed E-state index contributed by atoms with van der Waals surface area (Å²) in [5.74, 6) is 1.62. The summed E-state index contributed by atoms with van der Waals surface area (Å²) < 4.78 is 10.2. The highest BCUT2D eigenvalue weighted by Crippen LogP contribution is 2.17. The van der Waals surface area contributed by atoms with E-state index >= 15 is 0 Å². The predicted octanol–water partition coefficient (Wildman–Crippen LogP) is 1.91. The summed E-state index contributed by atoms with van der Waals surface area (Å²) >= 11 is 1.88. The molecule has 0 radical (unpaired) electrons. The van der Waals surface area contributed by atoms with E-state index in [4.69, 9.17) is 4.74 Å². The van der Waals surface area contributed by atoms with E-state index in [1.165, 1.54) is 13.2 Å². The molecule has 1 unspecified atom stereocenters. The molecule has 1 aromatic carbocycles. The van der Waals surface area contributed by atoms with E-state index in [2.05, 4.69) is 10.1 Å². The molecule has 0 aliphatic carbocycles. The average molecular weight is 279 g/mol. The highest BCUT2D eigenvalue weighted by Gasteiger charge is 2.14. The maximum Gasteiger partial charge on any atom is 0.330 e. The summed E-state index contributed by atoms with van der Waals surface area (Å²) in [7, 11) is 1.36. The maximum atomic E-state index is 11.0. The van der Waals surface area contributed by atoms with Gasteiger partial charge in [0.2, 0.25) is 0 Å². The number of hydrogen-bond donors (Lipinski definition) is 1. The van der Waals surface area contributed by atoms with Gasteiger partial charge in [0.15, 0.2) is 0 Å². The van der Waals surface area contributed by atoms with Gasteiger partial charge in [0, 0.05) is 18.4 Å². The van der Waals surface area contributed by atoms with E-state index in [1.54, 1.807) is 6.08 Å². The molecule has 1 aliphatic heterocycles. The number of carbonyl (C=O) groups is 1. The van der Waals surface area contributed by atoms with Crippen LogP contribution in [0, 0.1) is 0 Å². The first-order valence-electron chi connectivity index (χ1n) is 6.12. The number of rotatable bonds is 5. The Labute approximate surface area is 117 Å². The zero-order valence-corrected chi connectivity index (χ0v) is 11.6. The van der Waals surface area contributed by atoms with Gasteiger partial charge in [-0.15, -0.1) is 11.8 Å². The molecular formula is C14H17NO3S. The van der Waals surface area contributed by atoms with E-state index < -0.39 is 0 Å². The van der Waals surface area contributed by atoms with Crippen molar-refractivity contribution < 1.29 is 14.3 Å². The molecule has 0 aromatic heterocycles. The Morgan fingerprint density at radius 2 is 2.26 bits per heavy atom. The third kappa shape index (κ3) is 4.61. The van der Waals surface area contributed by atoms with E-state index in [0.29, 0.717) is 12.0 Å². The summed E-state index contributed by atoms with van der Waals surface area (Å²) in [5, 5.41) is 3.74. The first-order valence-corrected chi connectivity index (χ1v) is 7.16. The first-order chi connectivity index (χ1) is 9.28. The van der Waals surface area contributed by atoms with Crippen LogP contribution in [0.4, 0.5) is 0 Å². The van der Waals surface area contributed by atoms with Crippen molar-refractivity contribution in [3.05, 3.63) is 35.9 Å². The number of ether oxygens (including phenoxy) is 2. The Morgan fingerprint density at radius 1 is 1.47 bits per heavy atom. The van der Waals surface area contributed by atoms with Crippen LogP contribution in [-0.2, 0) is 9.53 Å². The lowest BCUT2D eigenvalue weighted by atomic mass is 10.2. The van der Waals surface area contributed by atoms with Crippen LogP contribution in [0.3, 0.4) is 0 Å². The Bertz CT molecular complexity index is 439. The summed E-state index contributed by atoms with van der Waals surface area (Å²) in [6.07, 6.45) is 3.11. The molecule has 1 aromatic rings. The third-order valence-electron chi connectivity index (χ3n) is 2.69. The zero-order chi connectivity index (χ0) is 13.5. The molecule has 5 heteroatoms. The van der Waals surface area contributed by atoms with Gasteiger partial charge >= 0.3 is 5.97 Å². The maximum absolute atomic E-state index is 11.0. The van der Waals surface area contributed by atoms with Crippen LogP contribution in [0.15, 0.2) is 30.3 Å². The second-order valence-electron chi connectivity index (χ2n) is 4.05. The summed E-state index contributed by atoms with van der Waals surface area (Å²) in [5.41, 5.74) is 0.936. The standard InChI is InChI=1S/C14H17NO3S/c1-17-14(16)7-4-11-2-5-12(6-3-11)18-10-13-15-8-9-19-13/h2-7,13,15H,8-10H2,1H3. The number of benzene rings is 1. The Hall–Kier alpha value is -1.46. The minimum atomic E-state index is -0.357. The third-order valence-corrected chi connectivity index (χ3v) is 3.83. The first kappa shape index (κ1) is 14.0. The van der Waals surface area contributed by atoms with E-state index in [1.807, 2.05) is 36.0 Å². The lowest BCUT2D eigenvalue weighted by molar-refractivity contribution is -0.134. The second kappa shape index (κ2) is 7.21. The molecule has 1 N–H and O–H groups in total. The monoisotopic (exact) mass is 279 g/mol. The van der Waals surface area contributed by atoms with Crippen molar-refractivity contribution in [2.45, 2.75) is 5.37 Å². The van der Waals surface area contributed by atoms with Gasteiger partial charge in [-0.1, -0.05) is 12.1 Å². The van der Waals surface area contributed by atoms with Crippen LogP contribution in [0.25, 0.3) is 6.08 Å². The molecule has 1 saturated heterocycles. The van der Waals surface area contributed by atoms with Gasteiger partial charge in [-0.3, -0.25) is 0 Å². The molecule has 0 spiro atoms. The van der Waals surface area contributed by atoms with Crippen molar-refractivity contribution in [3.63, 3.8) is 0 Å². The number of nitrogens with one attached hydrogen (secondary N) is 1. The SMILES string of the molecule is COC(=O)C=Cc1ccc(OCC2NCCS2)cc1. The quantitative estimate of drug-likeness (QED) is 0.659. The van der Waals surface area contributed by atoms with Gasteiger partial charge < -0.3 is 14.8 Å². The highest BCUT2D eigenvalue weighted by atomic mass is 32.2. The van der Waals surface area contributed by atoms with Crippen molar-refractivity contribution in [2.24, 2.45) is 0 Å². The van der Waals surface area contributed by atoms with Crippen LogP contribution in [0.5, 0.6) is 5.75 Å². The molecule has 1 fully saturated rings. The fourth-order valence-corrected chi connectivity index (χ4v) is 2.59. The topological polar surface area (TPSA) is 47.6 Å². The minimum absolute atomic E-state index is 0.357. The Morgan fingerprint density at radius 3 is 2.89 bits per heavy atom. The number of thioether (sulfide) groups is 1. The molecule has 0 bridgehead atoms. The molecular weight excluding hydrogens is 262 g/mol. The van der Waals surface area contributed by atoms with E-state index in [9.17, 15) is 4.79 Å². The average Bonchev–Trinajstić information content (AvgIpc) is 2.97. The molecule has 2 rings (SSSR count). The van der Waals surface area contributed by atoms with Crippen molar-refractivity contribution in [2.75, 3.05) is 26.0 Å². The summed E-state index contributed by atoms with van der Waals surface area (Å²) in [6.45, 7) is 1.72. The molecule has 0 saturated carbocycles. The lowest BCUT2D eigenvalue weighted by Gasteiger charge is -2.11. The van der Waals surface area contributed by atoms with Crippen LogP contribution >= 0.6 is 11.8 Å². The summed E-state index contributed by atoms with van der Waals surface area (Å²) in [6, 6.07) is 7.61. The van der Waals surface area contributed by atoms with Crippen LogP contribution < -0.4 is 10.1 Å². The van der Waals surface area contributed by atoms with Gasteiger partial charge in [-0.25, -0.2) is 4.79 Å². The van der Waals surface area contributed by atoms with Gasteiger partial charge in [-0.05, 0) is 23.8 Å². The van der Waals surface area contributed by atoms with Gasteiger partial charge in [-0.2, -0.15) is 0 Å². The molecule has 19 heavy (non-hydrogen) atoms. The predicted molar refractivity (Wildman–Crippen MR) is 77.2 cm³/mol. The van der Waals surface area contributed by atoms with Crippen molar-refractivity contribution in [1.82, 2.24) is 5.32 Å². The van der Waals surface area contributed by atoms with Gasteiger partial charge in [0.05, 0.1) is 12.5 Å². The molecule has 1 aliphatic rings. The molecule has 1 heterocycles. The summed E-state index contributed by atoms with van der Waals surface area (Å²) in [4.78, 5) is 11.0. The number of methoxy groups -OCH3 is 1. The fourth-order valence-electron chi connectivity index (χ4n) is 1.67. The van der Waals surface area contributed by atoms with E-state index in [-0.39, 0.29) is 5.97 Å². The molecule has 1 atom stereocenters. The smallest absolute Gasteiger partial charge is 0.330 e. The van der Waals surface area contributed by atoms with Gasteiger partial charge in [0.25, 0.3) is 0 Å². The normalized spacial score (nSPS) is 18.7. The van der Waals surface area contributed by atoms with Crippen LogP contribution in [0.1, 0.15) is 5.56 Å². The highest BCUT2D eigenvalue weighted by molar-refractivity contribution is 8.00. The number of carbonyl (C=O) groups excluding carboxylic acids is 1. The van der Waals surface area contributed by atoms with Gasteiger partial charge in [0.1, 0.15) is 12.4 Å². The fraction of sp³-hybridized carbons (Fsp3) is 0.357. The van der Waals surface area contributed by atoms with Crippen molar-refractivity contribution >= 4 is 23.8 Å². The minimum Gasteiger partial charge on any atom is -0.491 e. The molecule has 102 valence electrons. The Kier molecular flexibility index (Phi) is 5.30. The Balaban J connectivity index is 1.83. The largest absolute Gasteiger partial charge is 0.491 e. The lowest BCUT2D eigenvalue weighted by Crippen LogP contribution is -2.26. The second-order valence-corrected chi connectivity index (χ2v) is 5.36. The molecule has 0 amide bonds. The van der Waals surface area contributed by atoms with Crippen molar-refractivity contribution in [3.8, 4) is 5.75 Å². The zero-order valence-electron chi connectivity index (χ0n) is 10.8. The van der Waals surface area contributed by atoms with Crippen LogP contribution in [-0.4, -0.2) is 37.4 Å². The number of esters is 1. The van der Waals surface area contributed by atoms with E-state index in [0.717, 1.165) is 23.6 Å². The van der Waals surface area contributed by atoms with Crippen LogP contribution in [0.2, 0.25) is 0 Å². The molecule has 4 nitrogen and oxygen atoms in total. The van der Waals surface area contributed by atoms with Crippen molar-refractivity contribution in [1.29, 1.82) is 0 Å².